The van der Waals surface area contributed by atoms with Gasteiger partial charge in [0.25, 0.3) is 0 Å². The van der Waals surface area contributed by atoms with Gasteiger partial charge in [0.2, 0.25) is 5.69 Å². The highest BCUT2D eigenvalue weighted by atomic mass is 16.5. The van der Waals surface area contributed by atoms with Gasteiger partial charge in [0.05, 0.1) is 12.0 Å². The van der Waals surface area contributed by atoms with E-state index in [4.69, 9.17) is 16.2 Å². The molecule has 138 valence electrons. The smallest absolute Gasteiger partial charge is 0.362 e. The van der Waals surface area contributed by atoms with Gasteiger partial charge >= 0.3 is 5.97 Å². The van der Waals surface area contributed by atoms with Gasteiger partial charge < -0.3 is 16.2 Å². The van der Waals surface area contributed by atoms with Crippen molar-refractivity contribution in [3.05, 3.63) is 35.8 Å². The van der Waals surface area contributed by atoms with E-state index >= 15 is 0 Å². The van der Waals surface area contributed by atoms with Crippen molar-refractivity contribution in [2.45, 2.75) is 6.92 Å². The van der Waals surface area contributed by atoms with Crippen molar-refractivity contribution in [2.24, 2.45) is 0 Å². The van der Waals surface area contributed by atoms with Gasteiger partial charge in [-0.15, -0.1) is 15.3 Å². The van der Waals surface area contributed by atoms with Crippen molar-refractivity contribution >= 4 is 34.3 Å². The molecule has 4 aromatic heterocycles. The van der Waals surface area contributed by atoms with Crippen molar-refractivity contribution in [2.75, 3.05) is 18.1 Å². The lowest BCUT2D eigenvalue weighted by atomic mass is 9.99. The lowest BCUT2D eigenvalue weighted by molar-refractivity contribution is 0.0519. The van der Waals surface area contributed by atoms with E-state index in [9.17, 15) is 10.1 Å². The second kappa shape index (κ2) is 6.44. The summed E-state index contributed by atoms with van der Waals surface area (Å²) in [5.41, 5.74) is 13.6. The first kappa shape index (κ1) is 17.1. The number of nitrogens with two attached hydrogens (primary N) is 2. The SMILES string of the molecule is CCOC(=O)c1nnc2c3c(-c4cccnc4)c(C#N)c(N)nc3nn2c1N. The van der Waals surface area contributed by atoms with E-state index in [2.05, 4.69) is 31.3 Å². The van der Waals surface area contributed by atoms with Gasteiger partial charge in [0.15, 0.2) is 17.1 Å². The fraction of sp³-hybridized carbons (Fsp3) is 0.118. The number of carbonyl (C=O) groups excluding carboxylic acids is 1. The molecule has 11 nitrogen and oxygen atoms in total. The van der Waals surface area contributed by atoms with Crippen molar-refractivity contribution in [3.63, 3.8) is 0 Å². The molecule has 0 aliphatic rings. The third-order valence-corrected chi connectivity index (χ3v) is 4.07. The fourth-order valence-corrected chi connectivity index (χ4v) is 2.89. The number of carbonyl (C=O) groups is 1. The number of nitrogens with zero attached hydrogens (tertiary/aromatic N) is 7. The minimum absolute atomic E-state index is 0.00871. The molecule has 0 unspecified atom stereocenters. The molecule has 0 aliphatic carbocycles. The van der Waals surface area contributed by atoms with E-state index in [-0.39, 0.29) is 40.8 Å². The van der Waals surface area contributed by atoms with E-state index < -0.39 is 5.97 Å². The molecule has 4 rings (SSSR count). The normalized spacial score (nSPS) is 10.9. The minimum Gasteiger partial charge on any atom is -0.461 e. The molecule has 11 heteroatoms. The molecule has 4 N–H and O–H groups in total. The van der Waals surface area contributed by atoms with Crippen LogP contribution < -0.4 is 11.5 Å². The zero-order chi connectivity index (χ0) is 19.8. The van der Waals surface area contributed by atoms with Crippen molar-refractivity contribution in [1.82, 2.24) is 29.8 Å². The maximum atomic E-state index is 12.0. The number of anilines is 2. The van der Waals surface area contributed by atoms with Crippen molar-refractivity contribution in [1.29, 1.82) is 5.26 Å². The minimum atomic E-state index is -0.716. The van der Waals surface area contributed by atoms with Crippen LogP contribution in [0.15, 0.2) is 24.5 Å². The van der Waals surface area contributed by atoms with Crippen LogP contribution in [-0.4, -0.2) is 42.4 Å². The highest BCUT2D eigenvalue weighted by molar-refractivity contribution is 6.06. The molecule has 4 heterocycles. The summed E-state index contributed by atoms with van der Waals surface area (Å²) in [5.74, 6) is -0.767. The number of rotatable bonds is 3. The van der Waals surface area contributed by atoms with Gasteiger partial charge in [0, 0.05) is 23.5 Å². The Morgan fingerprint density at radius 3 is 2.86 bits per heavy atom. The molecule has 0 aromatic carbocycles. The van der Waals surface area contributed by atoms with Crippen LogP contribution in [0.25, 0.3) is 27.8 Å². The van der Waals surface area contributed by atoms with Gasteiger partial charge in [-0.3, -0.25) is 4.98 Å². The van der Waals surface area contributed by atoms with Gasteiger partial charge in [-0.2, -0.15) is 9.78 Å². The van der Waals surface area contributed by atoms with Crippen LogP contribution in [-0.2, 0) is 4.74 Å². The second-order valence-corrected chi connectivity index (χ2v) is 5.69. The Labute approximate surface area is 157 Å². The first-order valence-corrected chi connectivity index (χ1v) is 8.18. The largest absolute Gasteiger partial charge is 0.461 e. The molecule has 28 heavy (non-hydrogen) atoms. The summed E-state index contributed by atoms with van der Waals surface area (Å²) in [4.78, 5) is 20.3. The Morgan fingerprint density at radius 2 is 2.18 bits per heavy atom. The fourth-order valence-electron chi connectivity index (χ4n) is 2.89. The molecular weight excluding hydrogens is 362 g/mol. The molecule has 0 aliphatic heterocycles. The molecule has 0 spiro atoms. The van der Waals surface area contributed by atoms with E-state index in [1.165, 1.54) is 4.52 Å². The van der Waals surface area contributed by atoms with Gasteiger partial charge in [-0.05, 0) is 13.0 Å². The Hall–Kier alpha value is -4.33. The Morgan fingerprint density at radius 1 is 1.36 bits per heavy atom. The van der Waals surface area contributed by atoms with Crippen molar-refractivity contribution < 1.29 is 9.53 Å². The number of hydrogen-bond donors (Lipinski definition) is 2. The van der Waals surface area contributed by atoms with Crippen LogP contribution in [0, 0.1) is 11.3 Å². The van der Waals surface area contributed by atoms with Crippen LogP contribution in [0.3, 0.4) is 0 Å². The van der Waals surface area contributed by atoms with Crippen LogP contribution in [0.2, 0.25) is 0 Å². The van der Waals surface area contributed by atoms with E-state index in [1.807, 2.05) is 0 Å². The van der Waals surface area contributed by atoms with Crippen LogP contribution >= 0.6 is 0 Å². The molecular formula is C17H13N9O2. The zero-order valence-corrected chi connectivity index (χ0v) is 14.6. The average Bonchev–Trinajstić information content (AvgIpc) is 3.06. The molecule has 0 saturated heterocycles. The highest BCUT2D eigenvalue weighted by Gasteiger charge is 2.24. The summed E-state index contributed by atoms with van der Waals surface area (Å²) in [6, 6.07) is 5.56. The van der Waals surface area contributed by atoms with Crippen LogP contribution in [0.4, 0.5) is 11.6 Å². The monoisotopic (exact) mass is 375 g/mol. The zero-order valence-electron chi connectivity index (χ0n) is 14.6. The van der Waals surface area contributed by atoms with E-state index in [1.54, 1.807) is 31.5 Å². The number of esters is 1. The van der Waals surface area contributed by atoms with E-state index in [0.29, 0.717) is 16.5 Å². The van der Waals surface area contributed by atoms with Gasteiger partial charge in [-0.1, -0.05) is 6.07 Å². The summed E-state index contributed by atoms with van der Waals surface area (Å²) in [5, 5.41) is 22.3. The quantitative estimate of drug-likeness (QED) is 0.491. The highest BCUT2D eigenvalue weighted by Crippen LogP contribution is 2.35. The number of ether oxygens (including phenoxy) is 1. The Bertz CT molecular complexity index is 1280. The average molecular weight is 375 g/mol. The number of hydrogen-bond acceptors (Lipinski definition) is 10. The summed E-state index contributed by atoms with van der Waals surface area (Å²) < 4.78 is 6.16. The van der Waals surface area contributed by atoms with Crippen molar-refractivity contribution in [3.8, 4) is 17.2 Å². The van der Waals surface area contributed by atoms with Crippen LogP contribution in [0.5, 0.6) is 0 Å². The van der Waals surface area contributed by atoms with Crippen LogP contribution in [0.1, 0.15) is 23.0 Å². The number of nitrogen functional groups attached to an aromatic ring is 2. The van der Waals surface area contributed by atoms with Gasteiger partial charge in [0.1, 0.15) is 17.5 Å². The molecule has 0 radical (unpaired) electrons. The topological polar surface area (TPSA) is 171 Å². The standard InChI is InChI=1S/C17H13N9O2/c1-2-28-17(27)12-14(20)26-16(24-23-12)11-10(8-4-3-5-21-7-8)9(6-18)13(19)22-15(11)25-26/h3-5,7H,2,20H2,1H3,(H2,19,22,25). The second-order valence-electron chi connectivity index (χ2n) is 5.69. The molecule has 0 atom stereocenters. The summed E-state index contributed by atoms with van der Waals surface area (Å²) in [7, 11) is 0. The Kier molecular flexibility index (Phi) is 3.93. The third kappa shape index (κ3) is 2.43. The number of aromatic nitrogens is 6. The summed E-state index contributed by atoms with van der Waals surface area (Å²) in [6.45, 7) is 1.83. The maximum absolute atomic E-state index is 12.0. The lowest BCUT2D eigenvalue weighted by Crippen LogP contribution is -2.15. The predicted octanol–water partition coefficient (Wildman–Crippen LogP) is 0.947. The van der Waals surface area contributed by atoms with E-state index in [0.717, 1.165) is 0 Å². The maximum Gasteiger partial charge on any atom is 0.362 e. The first-order valence-electron chi connectivity index (χ1n) is 8.18. The predicted molar refractivity (Wildman–Crippen MR) is 98.8 cm³/mol. The summed E-state index contributed by atoms with van der Waals surface area (Å²) in [6.07, 6.45) is 3.19. The molecule has 0 bridgehead atoms. The number of nitriles is 1. The number of pyridine rings is 2. The third-order valence-electron chi connectivity index (χ3n) is 4.07. The number of fused-ring (bicyclic) bond motifs is 3. The molecule has 0 amide bonds. The molecule has 0 saturated carbocycles. The molecule has 4 aromatic rings. The Balaban J connectivity index is 2.12. The molecule has 0 fully saturated rings. The van der Waals surface area contributed by atoms with Gasteiger partial charge in [-0.25, -0.2) is 9.78 Å². The lowest BCUT2D eigenvalue weighted by Gasteiger charge is -2.07. The first-order chi connectivity index (χ1) is 13.6. The summed E-state index contributed by atoms with van der Waals surface area (Å²) >= 11 is 0.